The molecule has 0 aliphatic rings. The highest BCUT2D eigenvalue weighted by atomic mass is 32.1. The summed E-state index contributed by atoms with van der Waals surface area (Å²) in [4.78, 5) is 28.6. The van der Waals surface area contributed by atoms with E-state index < -0.39 is 6.03 Å². The van der Waals surface area contributed by atoms with Crippen LogP contribution in [0.15, 0.2) is 28.7 Å². The molecule has 3 N–H and O–H groups in total. The number of carbonyl (C=O) groups is 2. The van der Waals surface area contributed by atoms with Gasteiger partial charge < -0.3 is 5.73 Å². The Labute approximate surface area is 137 Å². The SMILES string of the molecule is CC(=O)N(c1nc(/C=N\NC(N)=O)cs1)c1cccc(C)c1C. The number of nitrogens with zero attached hydrogens (tertiary/aromatic N) is 3. The van der Waals surface area contributed by atoms with Gasteiger partial charge in [-0.3, -0.25) is 9.69 Å². The van der Waals surface area contributed by atoms with Gasteiger partial charge in [0.05, 0.1) is 17.6 Å². The maximum absolute atomic E-state index is 12.1. The van der Waals surface area contributed by atoms with Gasteiger partial charge in [-0.15, -0.1) is 11.3 Å². The predicted molar refractivity (Wildman–Crippen MR) is 91.2 cm³/mol. The van der Waals surface area contributed by atoms with E-state index >= 15 is 0 Å². The molecule has 0 unspecified atom stereocenters. The van der Waals surface area contributed by atoms with Crippen molar-refractivity contribution in [3.05, 3.63) is 40.4 Å². The van der Waals surface area contributed by atoms with E-state index in [0.29, 0.717) is 10.8 Å². The number of nitrogens with one attached hydrogen (secondary N) is 1. The van der Waals surface area contributed by atoms with E-state index in [1.54, 1.807) is 10.3 Å². The molecule has 2 rings (SSSR count). The summed E-state index contributed by atoms with van der Waals surface area (Å²) in [6.07, 6.45) is 1.37. The van der Waals surface area contributed by atoms with Crippen LogP contribution in [0.5, 0.6) is 0 Å². The van der Waals surface area contributed by atoms with Crippen molar-refractivity contribution >= 4 is 40.3 Å². The first kappa shape index (κ1) is 16.6. The third-order valence-electron chi connectivity index (χ3n) is 3.20. The molecule has 0 bridgehead atoms. The van der Waals surface area contributed by atoms with Crippen LogP contribution in [-0.2, 0) is 4.79 Å². The van der Waals surface area contributed by atoms with Crippen molar-refractivity contribution in [3.63, 3.8) is 0 Å². The Balaban J connectivity index is 2.34. The summed E-state index contributed by atoms with van der Waals surface area (Å²) in [7, 11) is 0. The fraction of sp³-hybridized carbons (Fsp3) is 0.200. The van der Waals surface area contributed by atoms with E-state index in [1.807, 2.05) is 32.0 Å². The lowest BCUT2D eigenvalue weighted by Gasteiger charge is -2.21. The molecule has 120 valence electrons. The number of hydrogen-bond donors (Lipinski definition) is 2. The Morgan fingerprint density at radius 3 is 2.78 bits per heavy atom. The van der Waals surface area contributed by atoms with Crippen LogP contribution in [0.2, 0.25) is 0 Å². The van der Waals surface area contributed by atoms with Crippen LogP contribution in [0, 0.1) is 13.8 Å². The molecule has 2 aromatic rings. The number of anilines is 2. The molecular weight excluding hydrogens is 314 g/mol. The quantitative estimate of drug-likeness (QED) is 0.664. The highest BCUT2D eigenvalue weighted by Crippen LogP contribution is 2.32. The largest absolute Gasteiger partial charge is 0.350 e. The van der Waals surface area contributed by atoms with Crippen LogP contribution in [0.25, 0.3) is 0 Å². The molecule has 0 saturated carbocycles. The highest BCUT2D eigenvalue weighted by Gasteiger charge is 2.19. The fourth-order valence-electron chi connectivity index (χ4n) is 1.99. The molecule has 0 saturated heterocycles. The summed E-state index contributed by atoms with van der Waals surface area (Å²) in [6.45, 7) is 5.45. The lowest BCUT2D eigenvalue weighted by Crippen LogP contribution is -2.24. The van der Waals surface area contributed by atoms with Crippen molar-refractivity contribution in [3.8, 4) is 0 Å². The number of rotatable bonds is 4. The summed E-state index contributed by atoms with van der Waals surface area (Å²) in [5, 5.41) is 5.93. The number of nitrogens with two attached hydrogens (primary N) is 1. The topological polar surface area (TPSA) is 101 Å². The zero-order chi connectivity index (χ0) is 17.0. The summed E-state index contributed by atoms with van der Waals surface area (Å²) < 4.78 is 0. The molecule has 0 atom stereocenters. The number of carbonyl (C=O) groups excluding carboxylic acids is 2. The van der Waals surface area contributed by atoms with Gasteiger partial charge in [0, 0.05) is 12.3 Å². The summed E-state index contributed by atoms with van der Waals surface area (Å²) in [5.74, 6) is -0.133. The van der Waals surface area contributed by atoms with Gasteiger partial charge in [-0.2, -0.15) is 5.10 Å². The van der Waals surface area contributed by atoms with Crippen molar-refractivity contribution in [2.24, 2.45) is 10.8 Å². The Kier molecular flexibility index (Phi) is 5.07. The molecule has 23 heavy (non-hydrogen) atoms. The van der Waals surface area contributed by atoms with Gasteiger partial charge in [0.15, 0.2) is 5.13 Å². The number of aromatic nitrogens is 1. The van der Waals surface area contributed by atoms with E-state index in [0.717, 1.165) is 16.8 Å². The van der Waals surface area contributed by atoms with Crippen LogP contribution in [0.3, 0.4) is 0 Å². The monoisotopic (exact) mass is 331 g/mol. The Bertz CT molecular complexity index is 769. The molecule has 0 spiro atoms. The Hall–Kier alpha value is -2.74. The average molecular weight is 331 g/mol. The van der Waals surface area contributed by atoms with Crippen LogP contribution < -0.4 is 16.1 Å². The minimum atomic E-state index is -0.752. The van der Waals surface area contributed by atoms with Crippen molar-refractivity contribution in [2.75, 3.05) is 4.90 Å². The zero-order valence-electron chi connectivity index (χ0n) is 13.0. The number of amides is 3. The van der Waals surface area contributed by atoms with Gasteiger partial charge in [0.25, 0.3) is 0 Å². The molecule has 3 amide bonds. The van der Waals surface area contributed by atoms with E-state index in [-0.39, 0.29) is 5.91 Å². The van der Waals surface area contributed by atoms with Crippen LogP contribution in [-0.4, -0.2) is 23.1 Å². The fourth-order valence-corrected chi connectivity index (χ4v) is 2.82. The van der Waals surface area contributed by atoms with Crippen LogP contribution in [0.4, 0.5) is 15.6 Å². The van der Waals surface area contributed by atoms with Gasteiger partial charge in [-0.25, -0.2) is 15.2 Å². The van der Waals surface area contributed by atoms with E-state index in [2.05, 4.69) is 15.5 Å². The number of thiazole rings is 1. The van der Waals surface area contributed by atoms with Crippen molar-refractivity contribution in [1.29, 1.82) is 0 Å². The number of hydrazone groups is 1. The lowest BCUT2D eigenvalue weighted by atomic mass is 10.1. The number of benzene rings is 1. The molecule has 0 radical (unpaired) electrons. The van der Waals surface area contributed by atoms with Gasteiger partial charge in [-0.1, -0.05) is 12.1 Å². The van der Waals surface area contributed by atoms with Gasteiger partial charge in [0.2, 0.25) is 5.91 Å². The number of urea groups is 1. The van der Waals surface area contributed by atoms with Crippen molar-refractivity contribution < 1.29 is 9.59 Å². The van der Waals surface area contributed by atoms with Crippen LogP contribution in [0.1, 0.15) is 23.7 Å². The summed E-state index contributed by atoms with van der Waals surface area (Å²) >= 11 is 1.31. The molecule has 7 nitrogen and oxygen atoms in total. The van der Waals surface area contributed by atoms with E-state index in [4.69, 9.17) is 5.73 Å². The van der Waals surface area contributed by atoms with Crippen LogP contribution >= 0.6 is 11.3 Å². The standard InChI is InChI=1S/C15H17N5O2S/c1-9-5-4-6-13(10(9)2)20(11(3)21)15-18-12(8-23-15)7-17-19-14(16)22/h4-8H,1-3H3,(H3,16,19,22)/b17-7-. The maximum atomic E-state index is 12.1. The second kappa shape index (κ2) is 7.01. The molecule has 8 heteroatoms. The van der Waals surface area contributed by atoms with E-state index in [1.165, 1.54) is 24.5 Å². The maximum Gasteiger partial charge on any atom is 0.332 e. The first-order valence-corrected chi connectivity index (χ1v) is 7.69. The molecule has 1 aromatic carbocycles. The molecule has 0 aliphatic heterocycles. The number of primary amides is 1. The zero-order valence-corrected chi connectivity index (χ0v) is 13.8. The van der Waals surface area contributed by atoms with Gasteiger partial charge in [-0.05, 0) is 31.0 Å². The minimum absolute atomic E-state index is 0.133. The molecular formula is C15H17N5O2S. The number of hydrogen-bond acceptors (Lipinski definition) is 5. The molecule has 0 aliphatic carbocycles. The third kappa shape index (κ3) is 3.92. The van der Waals surface area contributed by atoms with Crippen molar-refractivity contribution in [2.45, 2.75) is 20.8 Å². The number of aryl methyl sites for hydroxylation is 1. The second-order valence-electron chi connectivity index (χ2n) is 4.86. The third-order valence-corrected chi connectivity index (χ3v) is 4.05. The minimum Gasteiger partial charge on any atom is -0.350 e. The molecule has 0 fully saturated rings. The lowest BCUT2D eigenvalue weighted by molar-refractivity contribution is -0.115. The first-order valence-electron chi connectivity index (χ1n) is 6.81. The molecule has 1 heterocycles. The van der Waals surface area contributed by atoms with Gasteiger partial charge in [0.1, 0.15) is 0 Å². The van der Waals surface area contributed by atoms with Gasteiger partial charge >= 0.3 is 6.03 Å². The van der Waals surface area contributed by atoms with Crippen molar-refractivity contribution in [1.82, 2.24) is 10.4 Å². The highest BCUT2D eigenvalue weighted by molar-refractivity contribution is 7.14. The normalized spacial score (nSPS) is 10.7. The predicted octanol–water partition coefficient (Wildman–Crippen LogP) is 2.45. The van der Waals surface area contributed by atoms with E-state index in [9.17, 15) is 9.59 Å². The first-order chi connectivity index (χ1) is 10.9. The average Bonchev–Trinajstić information content (AvgIpc) is 2.91. The Morgan fingerprint density at radius 2 is 2.13 bits per heavy atom. The second-order valence-corrected chi connectivity index (χ2v) is 5.70. The summed E-state index contributed by atoms with van der Waals surface area (Å²) in [6, 6.07) is 5.03. The smallest absolute Gasteiger partial charge is 0.332 e. The molecule has 1 aromatic heterocycles. The summed E-state index contributed by atoms with van der Waals surface area (Å²) in [5.41, 5.74) is 10.5. The Morgan fingerprint density at radius 1 is 1.39 bits per heavy atom.